The minimum absolute atomic E-state index is 0.0743. The fourth-order valence-electron chi connectivity index (χ4n) is 7.55. The highest BCUT2D eigenvalue weighted by atomic mass is 19.2. The number of esters is 3. The van der Waals surface area contributed by atoms with Crippen molar-refractivity contribution in [3.05, 3.63) is 60.7 Å². The molecular formula is C45H70F2O6. The molecular weight excluding hydrogens is 674 g/mol. The van der Waals surface area contributed by atoms with E-state index in [1.807, 2.05) is 0 Å². The van der Waals surface area contributed by atoms with Gasteiger partial charge in [0.15, 0.2) is 11.6 Å². The van der Waals surface area contributed by atoms with Crippen LogP contribution in [0.2, 0.25) is 0 Å². The Morgan fingerprint density at radius 1 is 0.604 bits per heavy atom. The first-order valence-corrected chi connectivity index (χ1v) is 21.0. The highest BCUT2D eigenvalue weighted by Crippen LogP contribution is 2.39. The van der Waals surface area contributed by atoms with Crippen LogP contribution in [0.4, 0.5) is 8.78 Å². The molecule has 0 saturated heterocycles. The Bertz CT molecular complexity index is 1130. The Morgan fingerprint density at radius 3 is 1.53 bits per heavy atom. The van der Waals surface area contributed by atoms with Crippen LogP contribution in [0.1, 0.15) is 178 Å². The van der Waals surface area contributed by atoms with E-state index in [9.17, 15) is 23.2 Å². The highest BCUT2D eigenvalue weighted by Gasteiger charge is 2.25. The second kappa shape index (κ2) is 30.3. The van der Waals surface area contributed by atoms with Crippen LogP contribution < -0.4 is 0 Å². The molecule has 300 valence electrons. The quantitative estimate of drug-likeness (QED) is 0.0316. The maximum atomic E-state index is 14.2. The summed E-state index contributed by atoms with van der Waals surface area (Å²) < 4.78 is 43.6. The summed E-state index contributed by atoms with van der Waals surface area (Å²) in [4.78, 5) is 35.3. The van der Waals surface area contributed by atoms with Crippen molar-refractivity contribution in [3.8, 4) is 0 Å². The second-order valence-electron chi connectivity index (χ2n) is 15.1. The summed E-state index contributed by atoms with van der Waals surface area (Å²) in [6.07, 6.45) is 30.3. The van der Waals surface area contributed by atoms with E-state index in [2.05, 4.69) is 13.2 Å². The van der Waals surface area contributed by atoms with Crippen molar-refractivity contribution in [2.75, 3.05) is 19.8 Å². The monoisotopic (exact) mass is 745 g/mol. The van der Waals surface area contributed by atoms with Gasteiger partial charge in [-0.1, -0.05) is 134 Å². The zero-order valence-electron chi connectivity index (χ0n) is 32.7. The maximum Gasteiger partial charge on any atom is 0.330 e. The Morgan fingerprint density at radius 2 is 1.04 bits per heavy atom. The molecule has 1 aliphatic rings. The molecule has 1 aromatic carbocycles. The normalized spacial score (nSPS) is 15.6. The molecule has 1 saturated carbocycles. The molecule has 0 amide bonds. The smallest absolute Gasteiger partial charge is 0.330 e. The van der Waals surface area contributed by atoms with Crippen molar-refractivity contribution < 1.29 is 37.4 Å². The zero-order chi connectivity index (χ0) is 38.4. The summed E-state index contributed by atoms with van der Waals surface area (Å²) in [5.41, 5.74) is 0.569. The third-order valence-electron chi connectivity index (χ3n) is 10.8. The molecule has 53 heavy (non-hydrogen) atoms. The Hall–Kier alpha value is -3.03. The SMILES string of the molecule is C=CC(=O)OCCCCCCC(CCCCCCOC(=O)C=C)C(=O)OCCCCCCCCCCCCCC1CCC(c2cccc(F)c2F)CC1. The summed E-state index contributed by atoms with van der Waals surface area (Å²) >= 11 is 0. The van der Waals surface area contributed by atoms with Crippen LogP contribution in [0, 0.1) is 23.5 Å². The Kier molecular flexibility index (Phi) is 26.4. The molecule has 6 nitrogen and oxygen atoms in total. The molecule has 1 fully saturated rings. The fourth-order valence-corrected chi connectivity index (χ4v) is 7.55. The predicted octanol–water partition coefficient (Wildman–Crippen LogP) is 12.4. The van der Waals surface area contributed by atoms with Crippen LogP contribution in [0.25, 0.3) is 0 Å². The lowest BCUT2D eigenvalue weighted by Gasteiger charge is -2.29. The molecule has 1 aromatic rings. The number of ether oxygens (including phenoxy) is 3. The van der Waals surface area contributed by atoms with Crippen LogP contribution >= 0.6 is 0 Å². The van der Waals surface area contributed by atoms with Crippen LogP contribution in [0.5, 0.6) is 0 Å². The number of unbranched alkanes of at least 4 members (excludes halogenated alkanes) is 16. The van der Waals surface area contributed by atoms with Crippen molar-refractivity contribution in [3.63, 3.8) is 0 Å². The lowest BCUT2D eigenvalue weighted by molar-refractivity contribution is -0.149. The van der Waals surface area contributed by atoms with Gasteiger partial charge in [0.25, 0.3) is 0 Å². The number of hydrogen-bond donors (Lipinski definition) is 0. The number of hydrogen-bond acceptors (Lipinski definition) is 6. The van der Waals surface area contributed by atoms with E-state index in [1.54, 1.807) is 12.1 Å². The van der Waals surface area contributed by atoms with Gasteiger partial charge in [0, 0.05) is 12.2 Å². The molecule has 8 heteroatoms. The summed E-state index contributed by atoms with van der Waals surface area (Å²) in [7, 11) is 0. The van der Waals surface area contributed by atoms with E-state index in [1.165, 1.54) is 82.4 Å². The predicted molar refractivity (Wildman–Crippen MR) is 209 cm³/mol. The third-order valence-corrected chi connectivity index (χ3v) is 10.8. The molecule has 0 spiro atoms. The number of halogens is 2. The highest BCUT2D eigenvalue weighted by molar-refractivity contribution is 5.81. The van der Waals surface area contributed by atoms with E-state index in [4.69, 9.17) is 14.2 Å². The standard InChI is InChI=1S/C45H70F2O6/c1-3-42(48)51-34-21-16-13-19-26-39(27-20-14-17-22-35-52-43(49)4-2)45(50)53-36-23-15-11-9-7-5-6-8-10-12-18-25-37-30-32-38(33-31-37)40-28-24-29-41(46)44(40)47/h3-4,24,28-29,37-39H,1-2,5-23,25-27,30-36H2. The second-order valence-corrected chi connectivity index (χ2v) is 15.1. The fraction of sp³-hybridized carbons (Fsp3) is 0.711. The average molecular weight is 745 g/mol. The van der Waals surface area contributed by atoms with Gasteiger partial charge in [0.1, 0.15) is 0 Å². The molecule has 2 rings (SSSR count). The van der Waals surface area contributed by atoms with Crippen LogP contribution in [0.3, 0.4) is 0 Å². The molecule has 0 atom stereocenters. The van der Waals surface area contributed by atoms with E-state index in [-0.39, 0.29) is 17.8 Å². The molecule has 0 unspecified atom stereocenters. The van der Waals surface area contributed by atoms with Gasteiger partial charge in [0.2, 0.25) is 0 Å². The molecule has 0 aliphatic heterocycles. The van der Waals surface area contributed by atoms with E-state index >= 15 is 0 Å². The first-order valence-electron chi connectivity index (χ1n) is 21.0. The molecule has 0 heterocycles. The van der Waals surface area contributed by atoms with Crippen molar-refractivity contribution in [2.24, 2.45) is 11.8 Å². The number of rotatable bonds is 32. The minimum Gasteiger partial charge on any atom is -0.465 e. The minimum atomic E-state index is -0.726. The topological polar surface area (TPSA) is 78.9 Å². The molecule has 0 bridgehead atoms. The lowest BCUT2D eigenvalue weighted by Crippen LogP contribution is -2.18. The Labute approximate surface area is 319 Å². The number of carbonyl (C=O) groups excluding carboxylic acids is 3. The largest absolute Gasteiger partial charge is 0.465 e. The van der Waals surface area contributed by atoms with Crippen LogP contribution in [0.15, 0.2) is 43.5 Å². The molecule has 1 aliphatic carbocycles. The number of carbonyl (C=O) groups is 3. The van der Waals surface area contributed by atoms with Gasteiger partial charge in [-0.25, -0.2) is 18.4 Å². The average Bonchev–Trinajstić information content (AvgIpc) is 3.17. The first kappa shape index (κ1) is 46.1. The number of benzene rings is 1. The summed E-state index contributed by atoms with van der Waals surface area (Å²) in [6, 6.07) is 4.59. The van der Waals surface area contributed by atoms with Gasteiger partial charge in [-0.3, -0.25) is 4.79 Å². The van der Waals surface area contributed by atoms with Gasteiger partial charge in [-0.15, -0.1) is 0 Å². The summed E-state index contributed by atoms with van der Waals surface area (Å²) in [6.45, 7) is 8.10. The first-order chi connectivity index (χ1) is 25.8. The van der Waals surface area contributed by atoms with Gasteiger partial charge >= 0.3 is 17.9 Å². The van der Waals surface area contributed by atoms with Gasteiger partial charge in [-0.2, -0.15) is 0 Å². The maximum absolute atomic E-state index is 14.2. The Balaban J connectivity index is 1.46. The summed E-state index contributed by atoms with van der Waals surface area (Å²) in [5.74, 6) is -1.42. The van der Waals surface area contributed by atoms with E-state index in [0.29, 0.717) is 25.4 Å². The lowest BCUT2D eigenvalue weighted by atomic mass is 9.77. The summed E-state index contributed by atoms with van der Waals surface area (Å²) in [5, 5.41) is 0. The van der Waals surface area contributed by atoms with Crippen molar-refractivity contribution >= 4 is 17.9 Å². The molecule has 0 radical (unpaired) electrons. The third kappa shape index (κ3) is 22.1. The van der Waals surface area contributed by atoms with Gasteiger partial charge in [-0.05, 0) is 81.3 Å². The molecule has 0 N–H and O–H groups in total. The van der Waals surface area contributed by atoms with Crippen molar-refractivity contribution in [1.29, 1.82) is 0 Å². The van der Waals surface area contributed by atoms with Crippen molar-refractivity contribution in [1.82, 2.24) is 0 Å². The zero-order valence-corrected chi connectivity index (χ0v) is 32.7. The van der Waals surface area contributed by atoms with Gasteiger partial charge < -0.3 is 14.2 Å². The van der Waals surface area contributed by atoms with E-state index < -0.39 is 23.6 Å². The molecule has 0 aromatic heterocycles. The van der Waals surface area contributed by atoms with E-state index in [0.717, 1.165) is 109 Å². The van der Waals surface area contributed by atoms with Crippen LogP contribution in [-0.4, -0.2) is 37.7 Å². The van der Waals surface area contributed by atoms with Crippen LogP contribution in [-0.2, 0) is 28.6 Å². The van der Waals surface area contributed by atoms with Gasteiger partial charge in [0.05, 0.1) is 25.7 Å². The van der Waals surface area contributed by atoms with Crippen molar-refractivity contribution in [2.45, 2.75) is 173 Å².